The molecule has 0 unspecified atom stereocenters. The van der Waals surface area contributed by atoms with E-state index in [2.05, 4.69) is 268 Å². The zero-order valence-electron chi connectivity index (χ0n) is 38.8. The molecule has 68 heavy (non-hydrogen) atoms. The Morgan fingerprint density at radius 3 is 1.56 bits per heavy atom. The smallest absolute Gasteiger partial charge is 0.0541 e. The van der Waals surface area contributed by atoms with Gasteiger partial charge >= 0.3 is 0 Å². The lowest BCUT2D eigenvalue weighted by Gasteiger charge is -2.29. The van der Waals surface area contributed by atoms with Crippen LogP contribution >= 0.6 is 0 Å². The van der Waals surface area contributed by atoms with Gasteiger partial charge in [-0.15, -0.1) is 0 Å². The highest BCUT2D eigenvalue weighted by atomic mass is 15.1. The molecule has 0 bridgehead atoms. The maximum absolute atomic E-state index is 2.45. The second-order valence-electron chi connectivity index (χ2n) is 19.7. The van der Waals surface area contributed by atoms with Gasteiger partial charge in [0.15, 0.2) is 0 Å². The van der Waals surface area contributed by atoms with Crippen molar-refractivity contribution in [2.24, 2.45) is 0 Å². The van der Waals surface area contributed by atoms with Crippen molar-refractivity contribution in [1.29, 1.82) is 0 Å². The van der Waals surface area contributed by atoms with Gasteiger partial charge in [-0.25, -0.2) is 0 Å². The molecular weight excluding hydrogens is 821 g/mol. The Kier molecular flexibility index (Phi) is 8.95. The average molecular weight is 871 g/mol. The second-order valence-corrected chi connectivity index (χ2v) is 19.7. The predicted octanol–water partition coefficient (Wildman–Crippen LogP) is 17.9. The van der Waals surface area contributed by atoms with Crippen LogP contribution in [0.4, 0.5) is 17.1 Å². The normalized spacial score (nSPS) is 13.8. The zero-order valence-corrected chi connectivity index (χ0v) is 38.8. The second kappa shape index (κ2) is 15.2. The van der Waals surface area contributed by atoms with Gasteiger partial charge in [0.2, 0.25) is 0 Å². The number of hydrogen-bond donors (Lipinski definition) is 0. The van der Waals surface area contributed by atoms with Gasteiger partial charge in [-0.3, -0.25) is 0 Å². The molecule has 0 spiro atoms. The number of para-hydroxylation sites is 3. The van der Waals surface area contributed by atoms with E-state index in [9.17, 15) is 0 Å². The molecule has 324 valence electrons. The summed E-state index contributed by atoms with van der Waals surface area (Å²) in [6.45, 7) is 9.42. The summed E-state index contributed by atoms with van der Waals surface area (Å²) in [7, 11) is 0. The van der Waals surface area contributed by atoms with Gasteiger partial charge in [-0.2, -0.15) is 0 Å². The Bertz CT molecular complexity index is 3770. The average Bonchev–Trinajstić information content (AvgIpc) is 3.94. The number of nitrogens with zero attached hydrogens (tertiary/aromatic N) is 2. The molecule has 0 N–H and O–H groups in total. The molecule has 2 aliphatic carbocycles. The van der Waals surface area contributed by atoms with Crippen LogP contribution in [0.25, 0.3) is 83.1 Å². The van der Waals surface area contributed by atoms with E-state index in [0.29, 0.717) is 0 Å². The SMILES string of the molecule is CC1(C)c2ccccc2-c2cc(-c3ccc(N(c4ccc(-c5ccc6c(c5)c5ccccc5n6-c5ccccc5)cc4)c4ccccc4-c4cccc5c4-c4ccccc4C5(C)C)cc3)ccc21. The van der Waals surface area contributed by atoms with Crippen LogP contribution in [0.3, 0.4) is 0 Å². The maximum atomic E-state index is 2.45. The fourth-order valence-corrected chi connectivity index (χ4v) is 11.8. The van der Waals surface area contributed by atoms with E-state index >= 15 is 0 Å². The first-order valence-corrected chi connectivity index (χ1v) is 23.9. The van der Waals surface area contributed by atoms with Gasteiger partial charge < -0.3 is 9.47 Å². The Morgan fingerprint density at radius 1 is 0.324 bits per heavy atom. The number of anilines is 3. The van der Waals surface area contributed by atoms with Crippen molar-refractivity contribution in [1.82, 2.24) is 4.57 Å². The monoisotopic (exact) mass is 870 g/mol. The minimum atomic E-state index is -0.100. The molecule has 2 aliphatic rings. The van der Waals surface area contributed by atoms with Crippen molar-refractivity contribution >= 4 is 38.9 Å². The Morgan fingerprint density at radius 2 is 0.824 bits per heavy atom. The highest BCUT2D eigenvalue weighted by Gasteiger charge is 2.38. The van der Waals surface area contributed by atoms with E-state index in [1.807, 2.05) is 0 Å². The van der Waals surface area contributed by atoms with Gasteiger partial charge in [0.25, 0.3) is 0 Å². The van der Waals surface area contributed by atoms with Crippen molar-refractivity contribution in [2.45, 2.75) is 38.5 Å². The summed E-state index contributed by atoms with van der Waals surface area (Å²) in [6, 6.07) is 85.5. The van der Waals surface area contributed by atoms with E-state index in [0.717, 1.165) is 17.1 Å². The molecule has 2 nitrogen and oxygen atoms in total. The van der Waals surface area contributed by atoms with Crippen LogP contribution in [0.15, 0.2) is 231 Å². The van der Waals surface area contributed by atoms with Gasteiger partial charge in [0, 0.05) is 44.2 Å². The van der Waals surface area contributed by atoms with Crippen LogP contribution in [-0.2, 0) is 10.8 Å². The number of rotatable bonds is 7. The van der Waals surface area contributed by atoms with E-state index in [1.165, 1.54) is 105 Å². The molecule has 13 rings (SSSR count). The minimum absolute atomic E-state index is 0.0238. The summed E-state index contributed by atoms with van der Waals surface area (Å²) in [5, 5.41) is 2.50. The van der Waals surface area contributed by atoms with E-state index in [-0.39, 0.29) is 10.8 Å². The predicted molar refractivity (Wildman–Crippen MR) is 287 cm³/mol. The topological polar surface area (TPSA) is 8.17 Å². The third-order valence-electron chi connectivity index (χ3n) is 15.2. The van der Waals surface area contributed by atoms with Gasteiger partial charge in [0.05, 0.1) is 16.7 Å². The largest absolute Gasteiger partial charge is 0.310 e. The number of fused-ring (bicyclic) bond motifs is 9. The standard InChI is InChI=1S/C66H50N2/c1-65(2)57-24-12-8-19-50(57)55-41-45(33-39-59(55)65)43-29-35-48(36-30-43)67(61-27-14-10-20-51(61)53-23-16-26-60-64(53)54-22-9-13-25-58(54)66(60,3)4)49-37-31-44(32-38-49)46-34-40-63-56(42-46)52-21-11-15-28-62(52)68(63)47-17-6-5-7-18-47/h5-42H,1-4H3. The molecule has 1 heterocycles. The first-order chi connectivity index (χ1) is 33.3. The summed E-state index contributed by atoms with van der Waals surface area (Å²) >= 11 is 0. The molecule has 0 saturated carbocycles. The first kappa shape index (κ1) is 40.1. The van der Waals surface area contributed by atoms with Crippen molar-refractivity contribution in [3.05, 3.63) is 253 Å². The lowest BCUT2D eigenvalue weighted by Crippen LogP contribution is -2.15. The molecule has 0 saturated heterocycles. The van der Waals surface area contributed by atoms with Crippen LogP contribution in [-0.4, -0.2) is 4.57 Å². The summed E-state index contributed by atoms with van der Waals surface area (Å²) in [6.07, 6.45) is 0. The van der Waals surface area contributed by atoms with Crippen molar-refractivity contribution in [3.63, 3.8) is 0 Å². The molecule has 1 aromatic heterocycles. The fourth-order valence-electron chi connectivity index (χ4n) is 11.8. The molecular formula is C66H50N2. The van der Waals surface area contributed by atoms with E-state index in [1.54, 1.807) is 0 Å². The lowest BCUT2D eigenvalue weighted by molar-refractivity contribution is 0.660. The van der Waals surface area contributed by atoms with Crippen LogP contribution in [0, 0.1) is 0 Å². The van der Waals surface area contributed by atoms with Crippen LogP contribution in [0.5, 0.6) is 0 Å². The summed E-state index contributed by atoms with van der Waals surface area (Å²) in [5.41, 5.74) is 24.9. The minimum Gasteiger partial charge on any atom is -0.310 e. The van der Waals surface area contributed by atoms with Gasteiger partial charge in [-0.05, 0) is 139 Å². The molecule has 11 aromatic rings. The summed E-state index contributed by atoms with van der Waals surface area (Å²) in [5.74, 6) is 0. The maximum Gasteiger partial charge on any atom is 0.0541 e. The van der Waals surface area contributed by atoms with E-state index < -0.39 is 0 Å². The Balaban J connectivity index is 0.939. The molecule has 0 aliphatic heterocycles. The lowest BCUT2D eigenvalue weighted by atomic mass is 9.82. The number of benzene rings is 10. The van der Waals surface area contributed by atoms with Crippen LogP contribution < -0.4 is 4.90 Å². The highest BCUT2D eigenvalue weighted by Crippen LogP contribution is 2.54. The molecule has 0 radical (unpaired) electrons. The molecule has 10 aromatic carbocycles. The van der Waals surface area contributed by atoms with Gasteiger partial charge in [0.1, 0.15) is 0 Å². The zero-order chi connectivity index (χ0) is 45.7. The molecule has 0 fully saturated rings. The number of hydrogen-bond acceptors (Lipinski definition) is 1. The third kappa shape index (κ3) is 6.03. The van der Waals surface area contributed by atoms with Crippen molar-refractivity contribution in [2.75, 3.05) is 4.90 Å². The molecule has 2 heteroatoms. The van der Waals surface area contributed by atoms with E-state index in [4.69, 9.17) is 0 Å². The molecule has 0 atom stereocenters. The third-order valence-corrected chi connectivity index (χ3v) is 15.2. The quantitative estimate of drug-likeness (QED) is 0.155. The first-order valence-electron chi connectivity index (χ1n) is 23.9. The Hall–Kier alpha value is -8.20. The van der Waals surface area contributed by atoms with Gasteiger partial charge in [-0.1, -0.05) is 191 Å². The van der Waals surface area contributed by atoms with Crippen molar-refractivity contribution in [3.8, 4) is 61.3 Å². The Labute approximate surface area is 399 Å². The number of aromatic nitrogens is 1. The highest BCUT2D eigenvalue weighted by molar-refractivity contribution is 6.10. The fraction of sp³-hybridized carbons (Fsp3) is 0.0909. The van der Waals surface area contributed by atoms with Crippen molar-refractivity contribution < 1.29 is 0 Å². The molecule has 0 amide bonds. The van der Waals surface area contributed by atoms with Crippen LogP contribution in [0.2, 0.25) is 0 Å². The summed E-state index contributed by atoms with van der Waals surface area (Å²) < 4.78 is 2.38. The van der Waals surface area contributed by atoms with Crippen LogP contribution in [0.1, 0.15) is 49.9 Å². The summed E-state index contributed by atoms with van der Waals surface area (Å²) in [4.78, 5) is 2.45.